The van der Waals surface area contributed by atoms with E-state index in [1.54, 1.807) is 18.0 Å². The molecule has 1 amide bonds. The first kappa shape index (κ1) is 11.5. The van der Waals surface area contributed by atoms with E-state index in [0.29, 0.717) is 12.1 Å². The first-order chi connectivity index (χ1) is 7.15. The molecular weight excluding hydrogens is 194 g/mol. The smallest absolute Gasteiger partial charge is 0.253 e. The number of nitrogens with one attached hydrogen (secondary N) is 2. The minimum atomic E-state index is -0.261. The van der Waals surface area contributed by atoms with E-state index in [4.69, 9.17) is 0 Å². The number of hydrogen-bond donors (Lipinski definition) is 2. The van der Waals surface area contributed by atoms with Crippen LogP contribution < -0.4 is 10.9 Å². The molecule has 1 aromatic heterocycles. The van der Waals surface area contributed by atoms with Crippen molar-refractivity contribution in [3.05, 3.63) is 34.2 Å². The Morgan fingerprint density at radius 1 is 1.60 bits per heavy atom. The van der Waals surface area contributed by atoms with E-state index >= 15 is 0 Å². The highest BCUT2D eigenvalue weighted by molar-refractivity contribution is 5.93. The molecule has 0 aliphatic rings. The maximum absolute atomic E-state index is 11.7. The van der Waals surface area contributed by atoms with Gasteiger partial charge in [-0.05, 0) is 13.1 Å². The molecule has 0 spiro atoms. The van der Waals surface area contributed by atoms with Crippen LogP contribution in [0.3, 0.4) is 0 Å². The minimum Gasteiger partial charge on any atom is -0.340 e. The lowest BCUT2D eigenvalue weighted by Crippen LogP contribution is -2.33. The molecule has 0 bridgehead atoms. The van der Waals surface area contributed by atoms with Crippen LogP contribution in [0.4, 0.5) is 0 Å². The lowest BCUT2D eigenvalue weighted by molar-refractivity contribution is 0.0796. The Morgan fingerprint density at radius 2 is 2.33 bits per heavy atom. The number of carbonyl (C=O) groups is 1. The van der Waals surface area contributed by atoms with Crippen LogP contribution in [-0.4, -0.2) is 43.0 Å². The number of rotatable bonds is 4. The summed E-state index contributed by atoms with van der Waals surface area (Å²) in [6, 6.07) is 2.90. The number of carbonyl (C=O) groups excluding carboxylic acids is 1. The van der Waals surface area contributed by atoms with Gasteiger partial charge in [0.05, 0.1) is 0 Å². The Labute approximate surface area is 88.1 Å². The zero-order chi connectivity index (χ0) is 11.3. The standard InChI is InChI=1S/C10H15N3O2/c1-11-5-6-13(2)10(15)8-3-4-12-9(14)7-8/h3-4,7,11H,5-6H2,1-2H3,(H,12,14). The van der Waals surface area contributed by atoms with E-state index in [9.17, 15) is 9.59 Å². The molecule has 0 aromatic carbocycles. The Bertz CT molecular complexity index is 386. The Hall–Kier alpha value is -1.62. The van der Waals surface area contributed by atoms with Crippen molar-refractivity contribution in [3.63, 3.8) is 0 Å². The second-order valence-electron chi connectivity index (χ2n) is 3.27. The van der Waals surface area contributed by atoms with Gasteiger partial charge in [-0.1, -0.05) is 0 Å². The molecule has 0 aliphatic heterocycles. The van der Waals surface area contributed by atoms with Crippen LogP contribution in [-0.2, 0) is 0 Å². The lowest BCUT2D eigenvalue weighted by Gasteiger charge is -2.16. The van der Waals surface area contributed by atoms with E-state index in [0.717, 1.165) is 6.54 Å². The molecule has 0 atom stereocenters. The van der Waals surface area contributed by atoms with Crippen LogP contribution in [0.15, 0.2) is 23.1 Å². The number of hydrogen-bond acceptors (Lipinski definition) is 3. The number of amides is 1. The Balaban J connectivity index is 2.72. The first-order valence-corrected chi connectivity index (χ1v) is 4.74. The highest BCUT2D eigenvalue weighted by atomic mass is 16.2. The van der Waals surface area contributed by atoms with Crippen molar-refractivity contribution in [1.29, 1.82) is 0 Å². The quantitative estimate of drug-likeness (QED) is 0.713. The van der Waals surface area contributed by atoms with Crippen molar-refractivity contribution in [2.45, 2.75) is 0 Å². The predicted molar refractivity (Wildman–Crippen MR) is 57.9 cm³/mol. The van der Waals surface area contributed by atoms with Gasteiger partial charge >= 0.3 is 0 Å². The lowest BCUT2D eigenvalue weighted by atomic mass is 10.2. The number of likely N-dealkylation sites (N-methyl/N-ethyl adjacent to an activating group) is 2. The van der Waals surface area contributed by atoms with Crippen molar-refractivity contribution >= 4 is 5.91 Å². The Kier molecular flexibility index (Phi) is 4.05. The number of aromatic nitrogens is 1. The normalized spacial score (nSPS) is 10.0. The average molecular weight is 209 g/mol. The molecule has 0 unspecified atom stereocenters. The summed E-state index contributed by atoms with van der Waals surface area (Å²) in [6.45, 7) is 1.34. The molecule has 0 saturated heterocycles. The van der Waals surface area contributed by atoms with Crippen molar-refractivity contribution in [3.8, 4) is 0 Å². The predicted octanol–water partition coefficient (Wildman–Crippen LogP) is -0.334. The summed E-state index contributed by atoms with van der Waals surface area (Å²) in [4.78, 5) is 26.8. The molecule has 2 N–H and O–H groups in total. The third-order valence-corrected chi connectivity index (χ3v) is 2.07. The zero-order valence-corrected chi connectivity index (χ0v) is 8.91. The second-order valence-corrected chi connectivity index (χ2v) is 3.27. The molecule has 0 saturated carbocycles. The summed E-state index contributed by atoms with van der Waals surface area (Å²) < 4.78 is 0. The summed E-state index contributed by atoms with van der Waals surface area (Å²) in [5.74, 6) is -0.142. The number of H-pyrrole nitrogens is 1. The van der Waals surface area contributed by atoms with Crippen molar-refractivity contribution in [2.24, 2.45) is 0 Å². The van der Waals surface area contributed by atoms with Crippen LogP contribution in [0.25, 0.3) is 0 Å². The summed E-state index contributed by atoms with van der Waals surface area (Å²) in [6.07, 6.45) is 1.47. The molecular formula is C10H15N3O2. The van der Waals surface area contributed by atoms with Gasteiger partial charge in [-0.2, -0.15) is 0 Å². The van der Waals surface area contributed by atoms with E-state index in [2.05, 4.69) is 10.3 Å². The fourth-order valence-electron chi connectivity index (χ4n) is 1.18. The summed E-state index contributed by atoms with van der Waals surface area (Å²) in [5.41, 5.74) is 0.153. The highest BCUT2D eigenvalue weighted by Gasteiger charge is 2.10. The van der Waals surface area contributed by atoms with Gasteiger partial charge in [-0.25, -0.2) is 0 Å². The fourth-order valence-corrected chi connectivity index (χ4v) is 1.18. The van der Waals surface area contributed by atoms with Gasteiger partial charge in [0.25, 0.3) is 5.91 Å². The molecule has 15 heavy (non-hydrogen) atoms. The zero-order valence-electron chi connectivity index (χ0n) is 8.91. The van der Waals surface area contributed by atoms with Gasteiger partial charge in [0.15, 0.2) is 0 Å². The van der Waals surface area contributed by atoms with Crippen molar-refractivity contribution < 1.29 is 4.79 Å². The molecule has 1 rings (SSSR count). The second kappa shape index (κ2) is 5.31. The number of aromatic amines is 1. The largest absolute Gasteiger partial charge is 0.340 e. The molecule has 82 valence electrons. The molecule has 1 heterocycles. The summed E-state index contributed by atoms with van der Waals surface area (Å²) in [5, 5.41) is 2.95. The third kappa shape index (κ3) is 3.21. The van der Waals surface area contributed by atoms with Crippen molar-refractivity contribution in [1.82, 2.24) is 15.2 Å². The molecule has 0 radical (unpaired) electrons. The maximum Gasteiger partial charge on any atom is 0.253 e. The van der Waals surface area contributed by atoms with Gasteiger partial charge in [-0.3, -0.25) is 9.59 Å². The van der Waals surface area contributed by atoms with Crippen LogP contribution >= 0.6 is 0 Å². The van der Waals surface area contributed by atoms with Gasteiger partial charge < -0.3 is 15.2 Å². The van der Waals surface area contributed by atoms with Crippen molar-refractivity contribution in [2.75, 3.05) is 27.2 Å². The van der Waals surface area contributed by atoms with Gasteiger partial charge in [-0.15, -0.1) is 0 Å². The van der Waals surface area contributed by atoms with Gasteiger partial charge in [0.2, 0.25) is 5.56 Å². The van der Waals surface area contributed by atoms with Crippen LogP contribution in [0.5, 0.6) is 0 Å². The molecule has 5 nitrogen and oxygen atoms in total. The topological polar surface area (TPSA) is 65.2 Å². The van der Waals surface area contributed by atoms with Gasteiger partial charge in [0, 0.05) is 38.0 Å². The molecule has 0 aliphatic carbocycles. The average Bonchev–Trinajstić information content (AvgIpc) is 2.24. The maximum atomic E-state index is 11.7. The fraction of sp³-hybridized carbons (Fsp3) is 0.400. The Morgan fingerprint density at radius 3 is 2.93 bits per heavy atom. The van der Waals surface area contributed by atoms with Gasteiger partial charge in [0.1, 0.15) is 0 Å². The van der Waals surface area contributed by atoms with Crippen LogP contribution in [0, 0.1) is 0 Å². The third-order valence-electron chi connectivity index (χ3n) is 2.07. The van der Waals surface area contributed by atoms with E-state index < -0.39 is 0 Å². The highest BCUT2D eigenvalue weighted by Crippen LogP contribution is 1.98. The van der Waals surface area contributed by atoms with E-state index in [-0.39, 0.29) is 11.5 Å². The molecule has 0 fully saturated rings. The monoisotopic (exact) mass is 209 g/mol. The minimum absolute atomic E-state index is 0.142. The number of pyridine rings is 1. The number of nitrogens with zero attached hydrogens (tertiary/aromatic N) is 1. The summed E-state index contributed by atoms with van der Waals surface area (Å²) >= 11 is 0. The SMILES string of the molecule is CNCCN(C)C(=O)c1cc[nH]c(=O)c1. The molecule has 5 heteroatoms. The molecule has 1 aromatic rings. The summed E-state index contributed by atoms with van der Waals surface area (Å²) in [7, 11) is 3.53. The van der Waals surface area contributed by atoms with E-state index in [1.165, 1.54) is 12.3 Å². The van der Waals surface area contributed by atoms with Crippen LogP contribution in [0.2, 0.25) is 0 Å². The van der Waals surface area contributed by atoms with E-state index in [1.807, 2.05) is 7.05 Å². The first-order valence-electron chi connectivity index (χ1n) is 4.74. The van der Waals surface area contributed by atoms with Crippen LogP contribution in [0.1, 0.15) is 10.4 Å².